The Hall–Kier alpha value is -5.87. The van der Waals surface area contributed by atoms with Gasteiger partial charge >= 0.3 is 12.2 Å². The normalized spacial score (nSPS) is 17.1. The number of likely N-dealkylation sites (tertiary alicyclic amines) is 1. The van der Waals surface area contributed by atoms with E-state index in [4.69, 9.17) is 4.74 Å². The predicted molar refractivity (Wildman–Crippen MR) is 227 cm³/mol. The minimum absolute atomic E-state index is 0.168. The van der Waals surface area contributed by atoms with Crippen LogP contribution in [0, 0.1) is 6.92 Å². The second-order valence-corrected chi connectivity index (χ2v) is 15.7. The highest BCUT2D eigenvalue weighted by Gasteiger charge is 2.35. The maximum absolute atomic E-state index is 14.2. The molecule has 1 aromatic heterocycles. The number of benzene rings is 3. The number of hydrogen-bond donors (Lipinski definition) is 4. The Morgan fingerprint density at radius 2 is 1.62 bits per heavy atom. The van der Waals surface area contributed by atoms with Crippen LogP contribution in [0.3, 0.4) is 0 Å². The van der Waals surface area contributed by atoms with Crippen molar-refractivity contribution in [2.45, 2.75) is 64.9 Å². The molecule has 16 heteroatoms. The molecular weight excluding hydrogens is 776 g/mol. The van der Waals surface area contributed by atoms with E-state index >= 15 is 0 Å². The molecule has 4 aromatic rings. The summed E-state index contributed by atoms with van der Waals surface area (Å²) in [6.45, 7) is 12.6. The van der Waals surface area contributed by atoms with E-state index in [1.54, 1.807) is 23.1 Å². The zero-order chi connectivity index (χ0) is 42.6. The lowest BCUT2D eigenvalue weighted by Crippen LogP contribution is -2.53. The number of nitrogens with one attached hydrogen (secondary N) is 4. The van der Waals surface area contributed by atoms with Crippen LogP contribution in [-0.4, -0.2) is 97.6 Å². The van der Waals surface area contributed by atoms with Crippen molar-refractivity contribution in [2.24, 2.45) is 0 Å². The van der Waals surface area contributed by atoms with Gasteiger partial charge in [0.15, 0.2) is 0 Å². The number of piperazine rings is 1. The van der Waals surface area contributed by atoms with Crippen molar-refractivity contribution in [1.29, 1.82) is 0 Å². The molecule has 3 saturated heterocycles. The molecule has 0 saturated carbocycles. The zero-order valence-corrected chi connectivity index (χ0v) is 34.4. The zero-order valence-electron chi connectivity index (χ0n) is 34.4. The molecule has 0 unspecified atom stereocenters. The van der Waals surface area contributed by atoms with E-state index in [9.17, 15) is 27.6 Å². The lowest BCUT2D eigenvalue weighted by molar-refractivity contribution is -0.137. The number of amides is 4. The van der Waals surface area contributed by atoms with Crippen molar-refractivity contribution >= 4 is 52.1 Å². The van der Waals surface area contributed by atoms with Crippen LogP contribution < -0.4 is 35.8 Å². The number of piperidine rings is 1. The highest BCUT2D eigenvalue weighted by molar-refractivity contribution is 6.05. The smallest absolute Gasteiger partial charge is 0.419 e. The molecule has 0 bridgehead atoms. The quantitative estimate of drug-likeness (QED) is 0.116. The van der Waals surface area contributed by atoms with E-state index in [2.05, 4.69) is 53.1 Å². The summed E-state index contributed by atoms with van der Waals surface area (Å²) in [5.41, 5.74) is 3.78. The first-order valence-electron chi connectivity index (χ1n) is 20.4. The van der Waals surface area contributed by atoms with Crippen LogP contribution in [0.25, 0.3) is 0 Å². The SMILES string of the molecule is CNC(=O)c1ccccc1Nc1cc(Nc2cc(C)c(N3CCN(C4CCN(Cc5ccc(N6CCC(=O)NC6=O)cc5)CC4)CC3)cc2OC(C)C)ncc1C(F)(F)F. The molecule has 0 spiro atoms. The molecule has 0 aliphatic carbocycles. The van der Waals surface area contributed by atoms with Gasteiger partial charge < -0.3 is 25.6 Å². The van der Waals surface area contributed by atoms with Gasteiger partial charge in [-0.1, -0.05) is 24.3 Å². The van der Waals surface area contributed by atoms with Crippen LogP contribution in [0.2, 0.25) is 0 Å². The first-order valence-corrected chi connectivity index (χ1v) is 20.4. The minimum atomic E-state index is -4.70. The lowest BCUT2D eigenvalue weighted by Gasteiger charge is -2.43. The molecule has 0 radical (unpaired) electrons. The molecule has 7 rings (SSSR count). The van der Waals surface area contributed by atoms with Gasteiger partial charge in [-0.05, 0) is 88.2 Å². The fourth-order valence-corrected chi connectivity index (χ4v) is 8.15. The van der Waals surface area contributed by atoms with Gasteiger partial charge in [0.2, 0.25) is 5.91 Å². The van der Waals surface area contributed by atoms with Crippen molar-refractivity contribution in [3.05, 3.63) is 95.2 Å². The number of hydrogen-bond acceptors (Lipinski definition) is 10. The Kier molecular flexibility index (Phi) is 12.8. The molecule has 4 heterocycles. The molecule has 13 nitrogen and oxygen atoms in total. The number of ether oxygens (including phenoxy) is 1. The Balaban J connectivity index is 0.977. The number of aromatic nitrogens is 1. The van der Waals surface area contributed by atoms with Gasteiger partial charge in [0.05, 0.1) is 34.3 Å². The van der Waals surface area contributed by atoms with Crippen molar-refractivity contribution in [1.82, 2.24) is 25.4 Å². The number of imide groups is 1. The van der Waals surface area contributed by atoms with Crippen LogP contribution in [0.1, 0.15) is 60.2 Å². The topological polar surface area (TPSA) is 134 Å². The molecule has 4 N–H and O–H groups in total. The number of halogens is 3. The van der Waals surface area contributed by atoms with Crippen LogP contribution in [-0.2, 0) is 17.5 Å². The third-order valence-electron chi connectivity index (χ3n) is 11.2. The average molecular weight is 828 g/mol. The van der Waals surface area contributed by atoms with E-state index in [1.807, 2.05) is 45.0 Å². The molecule has 0 atom stereocenters. The molecule has 3 aliphatic heterocycles. The third-order valence-corrected chi connectivity index (χ3v) is 11.2. The Morgan fingerprint density at radius 1 is 0.900 bits per heavy atom. The first-order chi connectivity index (χ1) is 28.7. The Morgan fingerprint density at radius 3 is 2.28 bits per heavy atom. The highest BCUT2D eigenvalue weighted by atomic mass is 19.4. The van der Waals surface area contributed by atoms with Crippen LogP contribution >= 0.6 is 0 Å². The first kappa shape index (κ1) is 42.3. The summed E-state index contributed by atoms with van der Waals surface area (Å²) in [5, 5.41) is 10.9. The Labute approximate surface area is 348 Å². The standard InChI is InChI=1S/C44H52F3N9O4/c1-28(2)60-39-25-38(29(3)23-37(39)51-40-24-36(34(26-49-40)44(45,46)47)50-35-8-6-5-7-33(35)42(58)48-4)55-21-19-54(20-22-55)31-13-16-53(17-14-31)27-30-9-11-32(12-10-30)56-18-15-41(57)52-43(56)59/h5-12,23-26,28,31H,13-22,27H2,1-4H3,(H,48,58)(H2,49,50,51)(H,52,57,59). The molecule has 3 aromatic carbocycles. The highest BCUT2D eigenvalue weighted by Crippen LogP contribution is 2.40. The number of rotatable bonds is 12. The summed E-state index contributed by atoms with van der Waals surface area (Å²) in [6.07, 6.45) is -1.62. The number of alkyl halides is 3. The Bertz CT molecular complexity index is 2180. The molecular formula is C44H52F3N9O4. The molecule has 60 heavy (non-hydrogen) atoms. The summed E-state index contributed by atoms with van der Waals surface area (Å²) in [6, 6.07) is 19.8. The molecule has 4 amide bonds. The van der Waals surface area contributed by atoms with Gasteiger partial charge in [0.25, 0.3) is 5.91 Å². The fourth-order valence-electron chi connectivity index (χ4n) is 8.15. The van der Waals surface area contributed by atoms with Crippen LogP contribution in [0.15, 0.2) is 72.9 Å². The van der Waals surface area contributed by atoms with Gasteiger partial charge in [-0.2, -0.15) is 13.2 Å². The molecule has 3 fully saturated rings. The number of carbonyl (C=O) groups is 3. The average Bonchev–Trinajstić information content (AvgIpc) is 3.22. The van der Waals surface area contributed by atoms with Crippen LogP contribution in [0.4, 0.5) is 52.2 Å². The van der Waals surface area contributed by atoms with Crippen molar-refractivity contribution in [3.63, 3.8) is 0 Å². The number of pyridine rings is 1. The van der Waals surface area contributed by atoms with E-state index in [1.165, 1.54) is 24.7 Å². The number of aryl methyl sites for hydroxylation is 1. The minimum Gasteiger partial charge on any atom is -0.489 e. The second-order valence-electron chi connectivity index (χ2n) is 15.7. The number of anilines is 6. The van der Waals surface area contributed by atoms with Gasteiger partial charge in [-0.15, -0.1) is 0 Å². The van der Waals surface area contributed by atoms with E-state index < -0.39 is 17.6 Å². The summed E-state index contributed by atoms with van der Waals surface area (Å²) in [4.78, 5) is 49.4. The summed E-state index contributed by atoms with van der Waals surface area (Å²) >= 11 is 0. The number of nitrogens with zero attached hydrogens (tertiary/aromatic N) is 5. The van der Waals surface area contributed by atoms with Crippen molar-refractivity contribution < 1.29 is 32.3 Å². The van der Waals surface area contributed by atoms with E-state index in [0.29, 0.717) is 30.4 Å². The predicted octanol–water partition coefficient (Wildman–Crippen LogP) is 7.28. The van der Waals surface area contributed by atoms with Crippen molar-refractivity contribution in [3.8, 4) is 5.75 Å². The van der Waals surface area contributed by atoms with Crippen molar-refractivity contribution in [2.75, 3.05) is 73.3 Å². The maximum Gasteiger partial charge on any atom is 0.419 e. The lowest BCUT2D eigenvalue weighted by atomic mass is 10.0. The fraction of sp³-hybridized carbons (Fsp3) is 0.409. The summed E-state index contributed by atoms with van der Waals surface area (Å²) < 4.78 is 48.8. The number of urea groups is 1. The summed E-state index contributed by atoms with van der Waals surface area (Å²) in [7, 11) is 1.46. The maximum atomic E-state index is 14.2. The molecule has 3 aliphatic rings. The summed E-state index contributed by atoms with van der Waals surface area (Å²) in [5.74, 6) is 0.0556. The van der Waals surface area contributed by atoms with Gasteiger partial charge in [0.1, 0.15) is 11.6 Å². The van der Waals surface area contributed by atoms with Gasteiger partial charge in [0, 0.05) is 88.5 Å². The van der Waals surface area contributed by atoms with E-state index in [0.717, 1.165) is 81.8 Å². The largest absolute Gasteiger partial charge is 0.489 e. The second kappa shape index (κ2) is 18.2. The van der Waals surface area contributed by atoms with Gasteiger partial charge in [-0.25, -0.2) is 9.78 Å². The van der Waals surface area contributed by atoms with Gasteiger partial charge in [-0.3, -0.25) is 29.6 Å². The van der Waals surface area contributed by atoms with E-state index in [-0.39, 0.29) is 40.8 Å². The molecule has 318 valence electrons. The number of carbonyl (C=O) groups excluding carboxylic acids is 3. The van der Waals surface area contributed by atoms with Crippen LogP contribution in [0.5, 0.6) is 5.75 Å². The number of para-hydroxylation sites is 1. The third kappa shape index (κ3) is 9.93. The monoisotopic (exact) mass is 827 g/mol.